The van der Waals surface area contributed by atoms with Gasteiger partial charge in [-0.1, -0.05) is 27.7 Å². The van der Waals surface area contributed by atoms with Gasteiger partial charge in [-0.25, -0.2) is 0 Å². The first-order valence-electron chi connectivity index (χ1n) is 4.53. The maximum Gasteiger partial charge on any atom is 0.126 e. The molecule has 1 aliphatic rings. The second kappa shape index (κ2) is 2.84. The summed E-state index contributed by atoms with van der Waals surface area (Å²) in [7, 11) is 0. The smallest absolute Gasteiger partial charge is 0.126 e. The third-order valence-corrected chi connectivity index (χ3v) is 2.25. The lowest BCUT2D eigenvalue weighted by atomic mass is 9.82. The maximum atomic E-state index is 10.6. The third-order valence-electron chi connectivity index (χ3n) is 2.25. The van der Waals surface area contributed by atoms with E-state index in [1.165, 1.54) is 0 Å². The normalized spacial score (nSPS) is 23.3. The van der Waals surface area contributed by atoms with Gasteiger partial charge in [0, 0.05) is 25.0 Å². The monoisotopic (exact) mass is 169 g/mol. The van der Waals surface area contributed by atoms with Gasteiger partial charge in [0.2, 0.25) is 0 Å². The van der Waals surface area contributed by atoms with Gasteiger partial charge in [-0.3, -0.25) is 0 Å². The van der Waals surface area contributed by atoms with Gasteiger partial charge >= 0.3 is 0 Å². The zero-order chi connectivity index (χ0) is 9.41. The van der Waals surface area contributed by atoms with E-state index in [0.717, 1.165) is 25.9 Å². The lowest BCUT2D eigenvalue weighted by Crippen LogP contribution is -2.55. The van der Waals surface area contributed by atoms with Crippen LogP contribution in [0.15, 0.2) is 0 Å². The summed E-state index contributed by atoms with van der Waals surface area (Å²) in [5, 5.41) is 0. The molecule has 0 N–H and O–H groups in total. The van der Waals surface area contributed by atoms with Crippen molar-refractivity contribution >= 4 is 6.29 Å². The molecule has 0 aromatic heterocycles. The fourth-order valence-corrected chi connectivity index (χ4v) is 1.89. The minimum atomic E-state index is -0.170. The Kier molecular flexibility index (Phi) is 2.30. The van der Waals surface area contributed by atoms with E-state index in [2.05, 4.69) is 18.7 Å². The number of nitrogens with zero attached hydrogens (tertiary/aromatic N) is 1. The molecule has 0 atom stereocenters. The largest absolute Gasteiger partial charge is 0.303 e. The number of carbonyl (C=O) groups excluding carboxylic acids is 1. The first-order valence-corrected chi connectivity index (χ1v) is 4.53. The molecule has 0 amide bonds. The number of likely N-dealkylation sites (tertiary alicyclic amines) is 1. The summed E-state index contributed by atoms with van der Waals surface area (Å²) >= 11 is 0. The Morgan fingerprint density at radius 2 is 1.92 bits per heavy atom. The number of aldehydes is 1. The van der Waals surface area contributed by atoms with E-state index in [9.17, 15) is 4.79 Å². The van der Waals surface area contributed by atoms with Crippen LogP contribution in [-0.2, 0) is 4.79 Å². The number of carbonyl (C=O) groups is 1. The Hall–Kier alpha value is -0.370. The van der Waals surface area contributed by atoms with E-state index in [0.29, 0.717) is 5.41 Å². The highest BCUT2D eigenvalue weighted by molar-refractivity contribution is 5.58. The van der Waals surface area contributed by atoms with E-state index >= 15 is 0 Å². The van der Waals surface area contributed by atoms with E-state index in [-0.39, 0.29) is 5.41 Å². The molecule has 1 heterocycles. The Balaban J connectivity index is 2.32. The fourth-order valence-electron chi connectivity index (χ4n) is 1.89. The summed E-state index contributed by atoms with van der Waals surface area (Å²) < 4.78 is 0. The Bertz CT molecular complexity index is 176. The fraction of sp³-hybridized carbons (Fsp3) is 0.900. The third kappa shape index (κ3) is 2.31. The van der Waals surface area contributed by atoms with Crippen LogP contribution in [0.2, 0.25) is 0 Å². The summed E-state index contributed by atoms with van der Waals surface area (Å²) in [6.07, 6.45) is 1.05. The van der Waals surface area contributed by atoms with Crippen molar-refractivity contribution in [3.8, 4) is 0 Å². The van der Waals surface area contributed by atoms with Gasteiger partial charge < -0.3 is 9.69 Å². The lowest BCUT2D eigenvalue weighted by Gasteiger charge is -2.47. The molecule has 1 saturated heterocycles. The maximum absolute atomic E-state index is 10.6. The summed E-state index contributed by atoms with van der Waals surface area (Å²) in [5.41, 5.74) is 0.301. The zero-order valence-corrected chi connectivity index (χ0v) is 8.55. The number of rotatable bonds is 3. The van der Waals surface area contributed by atoms with Crippen molar-refractivity contribution in [2.45, 2.75) is 27.7 Å². The lowest BCUT2D eigenvalue weighted by molar-refractivity contribution is -0.117. The summed E-state index contributed by atoms with van der Waals surface area (Å²) in [5.74, 6) is 0. The minimum absolute atomic E-state index is 0.170. The molecule has 1 fully saturated rings. The first-order chi connectivity index (χ1) is 5.35. The average Bonchev–Trinajstić information content (AvgIpc) is 1.83. The highest BCUT2D eigenvalue weighted by atomic mass is 16.1. The van der Waals surface area contributed by atoms with Crippen LogP contribution in [0.5, 0.6) is 0 Å². The molecule has 12 heavy (non-hydrogen) atoms. The molecule has 0 radical (unpaired) electrons. The van der Waals surface area contributed by atoms with Gasteiger partial charge in [-0.15, -0.1) is 0 Å². The quantitative estimate of drug-likeness (QED) is 0.597. The molecule has 0 aromatic carbocycles. The van der Waals surface area contributed by atoms with Crippen molar-refractivity contribution in [1.82, 2.24) is 4.90 Å². The topological polar surface area (TPSA) is 20.3 Å². The van der Waals surface area contributed by atoms with Gasteiger partial charge in [-0.2, -0.15) is 0 Å². The number of hydrogen-bond acceptors (Lipinski definition) is 2. The van der Waals surface area contributed by atoms with Crippen molar-refractivity contribution in [3.63, 3.8) is 0 Å². The van der Waals surface area contributed by atoms with Crippen molar-refractivity contribution in [1.29, 1.82) is 0 Å². The molecule has 0 aliphatic carbocycles. The standard InChI is InChI=1S/C10H19NO/c1-9(2)5-11(6-9)7-10(3,4)8-12/h8H,5-7H2,1-4H3. The Morgan fingerprint density at radius 1 is 1.42 bits per heavy atom. The highest BCUT2D eigenvalue weighted by Gasteiger charge is 2.36. The molecule has 2 nitrogen and oxygen atoms in total. The van der Waals surface area contributed by atoms with Gasteiger partial charge in [0.1, 0.15) is 6.29 Å². The molecule has 2 heteroatoms. The van der Waals surface area contributed by atoms with E-state index < -0.39 is 0 Å². The van der Waals surface area contributed by atoms with Crippen LogP contribution in [-0.4, -0.2) is 30.8 Å². The molecule has 0 spiro atoms. The van der Waals surface area contributed by atoms with E-state index in [1.54, 1.807) is 0 Å². The second-order valence-electron chi connectivity index (χ2n) is 5.42. The van der Waals surface area contributed by atoms with E-state index in [4.69, 9.17) is 0 Å². The van der Waals surface area contributed by atoms with Crippen molar-refractivity contribution < 1.29 is 4.79 Å². The highest BCUT2D eigenvalue weighted by Crippen LogP contribution is 2.30. The SMILES string of the molecule is CC(C)(C=O)CN1CC(C)(C)C1. The van der Waals surface area contributed by atoms with Crippen LogP contribution in [0.1, 0.15) is 27.7 Å². The molecule has 0 unspecified atom stereocenters. The predicted molar refractivity (Wildman–Crippen MR) is 50.1 cm³/mol. The number of hydrogen-bond donors (Lipinski definition) is 0. The molecule has 0 saturated carbocycles. The van der Waals surface area contributed by atoms with Crippen molar-refractivity contribution in [3.05, 3.63) is 0 Å². The van der Waals surface area contributed by atoms with Gasteiger partial charge in [0.15, 0.2) is 0 Å². The van der Waals surface area contributed by atoms with Crippen molar-refractivity contribution in [2.24, 2.45) is 10.8 Å². The van der Waals surface area contributed by atoms with Crippen LogP contribution in [0.3, 0.4) is 0 Å². The molecule has 1 rings (SSSR count). The van der Waals surface area contributed by atoms with Crippen LogP contribution in [0.4, 0.5) is 0 Å². The van der Waals surface area contributed by atoms with Crippen LogP contribution in [0.25, 0.3) is 0 Å². The minimum Gasteiger partial charge on any atom is -0.303 e. The second-order valence-corrected chi connectivity index (χ2v) is 5.42. The van der Waals surface area contributed by atoms with Crippen LogP contribution < -0.4 is 0 Å². The Labute approximate surface area is 74.9 Å². The van der Waals surface area contributed by atoms with Crippen LogP contribution >= 0.6 is 0 Å². The first kappa shape index (κ1) is 9.72. The summed E-state index contributed by atoms with van der Waals surface area (Å²) in [4.78, 5) is 13.0. The molecule has 0 bridgehead atoms. The molecular weight excluding hydrogens is 150 g/mol. The average molecular weight is 169 g/mol. The summed E-state index contributed by atoms with van der Waals surface area (Å²) in [6.45, 7) is 11.7. The van der Waals surface area contributed by atoms with Gasteiger partial charge in [0.25, 0.3) is 0 Å². The van der Waals surface area contributed by atoms with E-state index in [1.807, 2.05) is 13.8 Å². The molecule has 0 aromatic rings. The molecule has 70 valence electrons. The summed E-state index contributed by atoms with van der Waals surface area (Å²) in [6, 6.07) is 0. The zero-order valence-electron chi connectivity index (χ0n) is 8.55. The Morgan fingerprint density at radius 3 is 2.25 bits per heavy atom. The molecular formula is C10H19NO. The van der Waals surface area contributed by atoms with Gasteiger partial charge in [-0.05, 0) is 5.41 Å². The van der Waals surface area contributed by atoms with Crippen LogP contribution in [0, 0.1) is 10.8 Å². The van der Waals surface area contributed by atoms with Gasteiger partial charge in [0.05, 0.1) is 0 Å². The molecule has 1 aliphatic heterocycles. The van der Waals surface area contributed by atoms with Crippen molar-refractivity contribution in [2.75, 3.05) is 19.6 Å². The predicted octanol–water partition coefficient (Wildman–Crippen LogP) is 1.55.